The highest BCUT2D eigenvalue weighted by molar-refractivity contribution is 7.14. The standard InChI is InChI=1S/C16H16N8OS/c25-13(12-11-26-16(21-12)22-14-17-3-1-4-18-14)23-7-9-24(10-8-23)15-19-5-2-6-20-15/h1-6,11H,7-10H2,(H,17,18,21,22). The van der Waals surface area contributed by atoms with Gasteiger partial charge in [0.25, 0.3) is 5.91 Å². The number of aromatic nitrogens is 5. The summed E-state index contributed by atoms with van der Waals surface area (Å²) in [6, 6.07) is 3.53. The van der Waals surface area contributed by atoms with Crippen molar-refractivity contribution in [2.24, 2.45) is 0 Å². The minimum Gasteiger partial charge on any atom is -0.337 e. The number of hydrogen-bond acceptors (Lipinski definition) is 9. The van der Waals surface area contributed by atoms with Gasteiger partial charge in [-0.1, -0.05) is 0 Å². The van der Waals surface area contributed by atoms with Crippen LogP contribution in [-0.2, 0) is 0 Å². The fourth-order valence-electron chi connectivity index (χ4n) is 2.61. The predicted molar refractivity (Wildman–Crippen MR) is 97.6 cm³/mol. The molecule has 0 atom stereocenters. The van der Waals surface area contributed by atoms with Crippen molar-refractivity contribution >= 4 is 34.3 Å². The molecule has 132 valence electrons. The summed E-state index contributed by atoms with van der Waals surface area (Å²) in [4.78, 5) is 37.6. The molecule has 0 spiro atoms. The molecule has 1 aliphatic rings. The van der Waals surface area contributed by atoms with Crippen LogP contribution in [0.4, 0.5) is 17.0 Å². The molecule has 0 bridgehead atoms. The van der Waals surface area contributed by atoms with Crippen LogP contribution < -0.4 is 10.2 Å². The number of rotatable bonds is 4. The van der Waals surface area contributed by atoms with Crippen LogP contribution in [-0.4, -0.2) is 61.9 Å². The van der Waals surface area contributed by atoms with E-state index in [0.717, 1.165) is 0 Å². The number of carbonyl (C=O) groups excluding carboxylic acids is 1. The molecule has 3 aromatic heterocycles. The Hall–Kier alpha value is -3.14. The molecule has 0 radical (unpaired) electrons. The largest absolute Gasteiger partial charge is 0.337 e. The second-order valence-electron chi connectivity index (χ2n) is 5.56. The fourth-order valence-corrected chi connectivity index (χ4v) is 3.29. The van der Waals surface area contributed by atoms with Crippen molar-refractivity contribution in [1.82, 2.24) is 29.8 Å². The molecule has 0 unspecified atom stereocenters. The van der Waals surface area contributed by atoms with Crippen molar-refractivity contribution in [3.63, 3.8) is 0 Å². The maximum Gasteiger partial charge on any atom is 0.273 e. The third-order valence-corrected chi connectivity index (χ3v) is 4.67. The minimum atomic E-state index is -0.0723. The van der Waals surface area contributed by atoms with Gasteiger partial charge in [0.05, 0.1) is 0 Å². The molecule has 0 saturated carbocycles. The number of hydrogen-bond donors (Lipinski definition) is 1. The summed E-state index contributed by atoms with van der Waals surface area (Å²) in [6.07, 6.45) is 6.73. The molecule has 1 aliphatic heterocycles. The molecular formula is C16H16N8OS. The lowest BCUT2D eigenvalue weighted by molar-refractivity contribution is 0.0741. The van der Waals surface area contributed by atoms with Crippen LogP contribution >= 0.6 is 11.3 Å². The Balaban J connectivity index is 1.37. The van der Waals surface area contributed by atoms with Gasteiger partial charge in [-0.15, -0.1) is 11.3 Å². The van der Waals surface area contributed by atoms with Gasteiger partial charge in [-0.3, -0.25) is 4.79 Å². The van der Waals surface area contributed by atoms with Gasteiger partial charge in [0.1, 0.15) is 5.69 Å². The van der Waals surface area contributed by atoms with Gasteiger partial charge in [0.15, 0.2) is 5.13 Å². The second kappa shape index (κ2) is 7.40. The zero-order valence-electron chi connectivity index (χ0n) is 13.8. The first-order valence-electron chi connectivity index (χ1n) is 8.10. The maximum atomic E-state index is 12.7. The fraction of sp³-hybridized carbons (Fsp3) is 0.250. The average molecular weight is 368 g/mol. The Kier molecular flexibility index (Phi) is 4.65. The Bertz CT molecular complexity index is 864. The van der Waals surface area contributed by atoms with Crippen molar-refractivity contribution in [2.75, 3.05) is 36.4 Å². The molecule has 3 aromatic rings. The number of anilines is 3. The molecule has 10 heteroatoms. The zero-order chi connectivity index (χ0) is 17.8. The van der Waals surface area contributed by atoms with E-state index >= 15 is 0 Å². The summed E-state index contributed by atoms with van der Waals surface area (Å²) in [5, 5.41) is 5.34. The van der Waals surface area contributed by atoms with Crippen LogP contribution in [0.25, 0.3) is 0 Å². The van der Waals surface area contributed by atoms with Gasteiger partial charge in [0.2, 0.25) is 11.9 Å². The molecule has 1 saturated heterocycles. The third-order valence-electron chi connectivity index (χ3n) is 3.91. The van der Waals surface area contributed by atoms with E-state index in [1.54, 1.807) is 47.2 Å². The van der Waals surface area contributed by atoms with Crippen LogP contribution in [0.2, 0.25) is 0 Å². The summed E-state index contributed by atoms with van der Waals surface area (Å²) in [6.45, 7) is 2.62. The highest BCUT2D eigenvalue weighted by atomic mass is 32.1. The molecular weight excluding hydrogens is 352 g/mol. The summed E-state index contributed by atoms with van der Waals surface area (Å²) >= 11 is 1.35. The van der Waals surface area contributed by atoms with E-state index in [1.807, 2.05) is 0 Å². The number of nitrogens with zero attached hydrogens (tertiary/aromatic N) is 7. The molecule has 0 aliphatic carbocycles. The van der Waals surface area contributed by atoms with Crippen LogP contribution in [0.5, 0.6) is 0 Å². The van der Waals surface area contributed by atoms with E-state index in [4.69, 9.17) is 0 Å². The van der Waals surface area contributed by atoms with Gasteiger partial charge >= 0.3 is 0 Å². The number of carbonyl (C=O) groups is 1. The van der Waals surface area contributed by atoms with Crippen molar-refractivity contribution in [1.29, 1.82) is 0 Å². The highest BCUT2D eigenvalue weighted by Gasteiger charge is 2.25. The smallest absolute Gasteiger partial charge is 0.273 e. The topological polar surface area (TPSA) is 100 Å². The molecule has 4 rings (SSSR count). The van der Waals surface area contributed by atoms with Crippen molar-refractivity contribution < 1.29 is 4.79 Å². The number of piperazine rings is 1. The third kappa shape index (κ3) is 3.59. The summed E-state index contributed by atoms with van der Waals surface area (Å²) in [5.74, 6) is 1.08. The van der Waals surface area contributed by atoms with E-state index in [0.29, 0.717) is 48.9 Å². The van der Waals surface area contributed by atoms with Crippen molar-refractivity contribution in [3.8, 4) is 0 Å². The van der Waals surface area contributed by atoms with Gasteiger partial charge in [-0.05, 0) is 12.1 Å². The van der Waals surface area contributed by atoms with Crippen LogP contribution in [0.1, 0.15) is 10.5 Å². The zero-order valence-corrected chi connectivity index (χ0v) is 14.6. The molecule has 9 nitrogen and oxygen atoms in total. The number of amides is 1. The van der Waals surface area contributed by atoms with Crippen LogP contribution in [0.3, 0.4) is 0 Å². The highest BCUT2D eigenvalue weighted by Crippen LogP contribution is 2.20. The number of nitrogens with one attached hydrogen (secondary N) is 1. The van der Waals surface area contributed by atoms with Crippen LogP contribution in [0, 0.1) is 0 Å². The Morgan fingerprint density at radius 1 is 0.962 bits per heavy atom. The summed E-state index contributed by atoms with van der Waals surface area (Å²) in [5.41, 5.74) is 0.429. The van der Waals surface area contributed by atoms with E-state index in [-0.39, 0.29) is 5.91 Å². The SMILES string of the molecule is O=C(c1csc(Nc2ncccn2)n1)N1CCN(c2ncccn2)CC1. The molecule has 0 aromatic carbocycles. The molecule has 4 heterocycles. The summed E-state index contributed by atoms with van der Waals surface area (Å²) in [7, 11) is 0. The first-order valence-corrected chi connectivity index (χ1v) is 8.98. The minimum absolute atomic E-state index is 0.0723. The summed E-state index contributed by atoms with van der Waals surface area (Å²) < 4.78 is 0. The van der Waals surface area contributed by atoms with Gasteiger partial charge in [-0.2, -0.15) is 0 Å². The molecule has 1 amide bonds. The van der Waals surface area contributed by atoms with E-state index in [2.05, 4.69) is 35.1 Å². The first-order chi connectivity index (χ1) is 12.8. The first kappa shape index (κ1) is 16.3. The van der Waals surface area contributed by atoms with Crippen LogP contribution in [0.15, 0.2) is 42.3 Å². The van der Waals surface area contributed by atoms with Gasteiger partial charge in [-0.25, -0.2) is 24.9 Å². The van der Waals surface area contributed by atoms with Crippen molar-refractivity contribution in [2.45, 2.75) is 0 Å². The Labute approximate surface area is 153 Å². The van der Waals surface area contributed by atoms with Gasteiger partial charge < -0.3 is 15.1 Å². The maximum absolute atomic E-state index is 12.7. The predicted octanol–water partition coefficient (Wildman–Crippen LogP) is 1.43. The lowest BCUT2D eigenvalue weighted by atomic mass is 10.3. The lowest BCUT2D eigenvalue weighted by Crippen LogP contribution is -2.49. The van der Waals surface area contributed by atoms with Gasteiger partial charge in [0, 0.05) is 56.3 Å². The Morgan fingerprint density at radius 2 is 1.62 bits per heavy atom. The van der Waals surface area contributed by atoms with E-state index < -0.39 is 0 Å². The number of thiazole rings is 1. The van der Waals surface area contributed by atoms with Crippen molar-refractivity contribution in [3.05, 3.63) is 48.0 Å². The van der Waals surface area contributed by atoms with E-state index in [1.165, 1.54) is 11.3 Å². The van der Waals surface area contributed by atoms with E-state index in [9.17, 15) is 4.79 Å². The monoisotopic (exact) mass is 368 g/mol. The average Bonchev–Trinajstić information content (AvgIpc) is 3.17. The molecule has 1 fully saturated rings. The Morgan fingerprint density at radius 3 is 2.31 bits per heavy atom. The second-order valence-corrected chi connectivity index (χ2v) is 6.42. The quantitative estimate of drug-likeness (QED) is 0.738. The normalized spacial score (nSPS) is 14.3. The molecule has 26 heavy (non-hydrogen) atoms. The molecule has 1 N–H and O–H groups in total. The lowest BCUT2D eigenvalue weighted by Gasteiger charge is -2.34.